The molecule has 2 aromatic carbocycles. The molecule has 8 heteroatoms. The number of benzene rings is 2. The molecule has 0 radical (unpaired) electrons. The van der Waals surface area contributed by atoms with Crippen LogP contribution in [-0.2, 0) is 19.5 Å². The van der Waals surface area contributed by atoms with Gasteiger partial charge in [-0.15, -0.1) is 0 Å². The Labute approximate surface area is 219 Å². The predicted molar refractivity (Wildman–Crippen MR) is 143 cm³/mol. The lowest BCUT2D eigenvalue weighted by Gasteiger charge is -2.27. The van der Waals surface area contributed by atoms with Gasteiger partial charge in [-0.2, -0.15) is 5.26 Å². The molecule has 5 rings (SSSR count). The van der Waals surface area contributed by atoms with E-state index in [1.54, 1.807) is 16.8 Å². The lowest BCUT2D eigenvalue weighted by atomic mass is 10.0. The van der Waals surface area contributed by atoms with Gasteiger partial charge >= 0.3 is 6.03 Å². The van der Waals surface area contributed by atoms with Crippen LogP contribution in [0, 0.1) is 11.3 Å². The Bertz CT molecular complexity index is 1500. The van der Waals surface area contributed by atoms with Gasteiger partial charge in [0.25, 0.3) is 0 Å². The first-order valence-electron chi connectivity index (χ1n) is 11.6. The average molecular weight is 516 g/mol. The van der Waals surface area contributed by atoms with E-state index in [1.807, 2.05) is 48.5 Å². The molecule has 0 unspecified atom stereocenters. The van der Waals surface area contributed by atoms with Crippen molar-refractivity contribution in [2.45, 2.75) is 19.5 Å². The van der Waals surface area contributed by atoms with Gasteiger partial charge in [0.05, 0.1) is 17.1 Å². The second kappa shape index (κ2) is 10.5. The molecule has 0 saturated carbocycles. The molecule has 0 spiro atoms. The summed E-state index contributed by atoms with van der Waals surface area (Å²) in [7, 11) is 0. The van der Waals surface area contributed by atoms with Crippen LogP contribution in [0.5, 0.6) is 0 Å². The standard InChI is InChI=1S/C28H23Cl2N5O/c29-22-7-8-23-24-18-34(12-1-2-19-3-5-20(16-31)6-4-19)13-10-25(24)35(26(23)15-22)28(36)33-17-21-9-11-32-27(30)14-21/h1-9,11,14-15H,10,12-13,17-18H2,(H,33,36)/b2-1+. The summed E-state index contributed by atoms with van der Waals surface area (Å²) >= 11 is 12.3. The van der Waals surface area contributed by atoms with E-state index in [0.29, 0.717) is 22.3 Å². The van der Waals surface area contributed by atoms with E-state index in [2.05, 4.69) is 33.4 Å². The van der Waals surface area contributed by atoms with E-state index in [4.69, 9.17) is 28.5 Å². The lowest BCUT2D eigenvalue weighted by Crippen LogP contribution is -2.34. The van der Waals surface area contributed by atoms with Crippen molar-refractivity contribution in [2.75, 3.05) is 13.1 Å². The highest BCUT2D eigenvalue weighted by molar-refractivity contribution is 6.31. The van der Waals surface area contributed by atoms with Crippen LogP contribution in [0.1, 0.15) is 27.9 Å². The number of halogens is 2. The maximum Gasteiger partial charge on any atom is 0.326 e. The Hall–Kier alpha value is -3.63. The quantitative estimate of drug-likeness (QED) is 0.328. The first kappa shape index (κ1) is 24.1. The number of pyridine rings is 1. The Morgan fingerprint density at radius 1 is 1.14 bits per heavy atom. The number of nitrogens with zero attached hydrogens (tertiary/aromatic N) is 4. The molecule has 0 fully saturated rings. The van der Waals surface area contributed by atoms with Crippen molar-refractivity contribution in [1.82, 2.24) is 19.8 Å². The molecule has 0 saturated heterocycles. The number of amides is 1. The molecule has 2 aromatic heterocycles. The fourth-order valence-corrected chi connectivity index (χ4v) is 4.95. The van der Waals surface area contributed by atoms with E-state index in [1.165, 1.54) is 0 Å². The van der Waals surface area contributed by atoms with Crippen molar-refractivity contribution in [3.63, 3.8) is 0 Å². The molecule has 3 heterocycles. The number of nitriles is 1. The van der Waals surface area contributed by atoms with Crippen molar-refractivity contribution in [3.05, 3.63) is 105 Å². The van der Waals surface area contributed by atoms with E-state index in [0.717, 1.165) is 59.3 Å². The summed E-state index contributed by atoms with van der Waals surface area (Å²) in [4.78, 5) is 19.7. The van der Waals surface area contributed by atoms with Crippen molar-refractivity contribution >= 4 is 46.2 Å². The summed E-state index contributed by atoms with van der Waals surface area (Å²) in [6, 6.07) is 18.8. The fraction of sp³-hybridized carbons (Fsp3) is 0.179. The van der Waals surface area contributed by atoms with E-state index in [9.17, 15) is 4.79 Å². The van der Waals surface area contributed by atoms with Gasteiger partial charge in [-0.05, 0) is 53.1 Å². The summed E-state index contributed by atoms with van der Waals surface area (Å²) in [6.07, 6.45) is 6.58. The first-order valence-corrected chi connectivity index (χ1v) is 12.4. The SMILES string of the molecule is N#Cc1ccc(/C=C/CN2CCc3c(c4ccc(Cl)cc4n3C(=O)NCc3ccnc(Cl)c3)C2)cc1. The van der Waals surface area contributed by atoms with Crippen LogP contribution in [0.4, 0.5) is 4.79 Å². The molecule has 36 heavy (non-hydrogen) atoms. The number of carbonyl (C=O) groups excluding carboxylic acids is 1. The van der Waals surface area contributed by atoms with Crippen LogP contribution in [0.3, 0.4) is 0 Å². The van der Waals surface area contributed by atoms with Crippen LogP contribution < -0.4 is 5.32 Å². The Kier molecular flexibility index (Phi) is 7.06. The average Bonchev–Trinajstić information content (AvgIpc) is 3.20. The number of hydrogen-bond donors (Lipinski definition) is 1. The minimum Gasteiger partial charge on any atom is -0.333 e. The van der Waals surface area contributed by atoms with Crippen molar-refractivity contribution in [1.29, 1.82) is 5.26 Å². The summed E-state index contributed by atoms with van der Waals surface area (Å²) in [5.41, 5.74) is 5.58. The van der Waals surface area contributed by atoms with E-state index in [-0.39, 0.29) is 6.03 Å². The summed E-state index contributed by atoms with van der Waals surface area (Å²) < 4.78 is 1.77. The zero-order chi connectivity index (χ0) is 25.1. The van der Waals surface area contributed by atoms with Crippen molar-refractivity contribution in [2.24, 2.45) is 0 Å². The Morgan fingerprint density at radius 3 is 2.75 bits per heavy atom. The molecule has 0 bridgehead atoms. The van der Waals surface area contributed by atoms with Crippen LogP contribution >= 0.6 is 23.2 Å². The summed E-state index contributed by atoms with van der Waals surface area (Å²) in [6.45, 7) is 2.71. The van der Waals surface area contributed by atoms with E-state index >= 15 is 0 Å². The van der Waals surface area contributed by atoms with Gasteiger partial charge in [-0.1, -0.05) is 53.6 Å². The van der Waals surface area contributed by atoms with Crippen LogP contribution in [0.15, 0.2) is 66.9 Å². The first-order chi connectivity index (χ1) is 17.5. The molecule has 1 aliphatic heterocycles. The Morgan fingerprint density at radius 2 is 1.97 bits per heavy atom. The van der Waals surface area contributed by atoms with Crippen LogP contribution in [0.25, 0.3) is 17.0 Å². The van der Waals surface area contributed by atoms with Gasteiger partial charge in [0, 0.05) is 54.9 Å². The molecule has 180 valence electrons. The number of nitrogens with one attached hydrogen (secondary N) is 1. The zero-order valence-corrected chi connectivity index (χ0v) is 20.9. The largest absolute Gasteiger partial charge is 0.333 e. The number of fused-ring (bicyclic) bond motifs is 3. The molecular weight excluding hydrogens is 493 g/mol. The van der Waals surface area contributed by atoms with Crippen LogP contribution in [-0.4, -0.2) is 33.6 Å². The molecule has 6 nitrogen and oxygen atoms in total. The van der Waals surface area contributed by atoms with Gasteiger partial charge in [0.15, 0.2) is 0 Å². The number of carbonyl (C=O) groups is 1. The van der Waals surface area contributed by atoms with Gasteiger partial charge in [-0.25, -0.2) is 9.78 Å². The van der Waals surface area contributed by atoms with Crippen LogP contribution in [0.2, 0.25) is 10.2 Å². The van der Waals surface area contributed by atoms with Crippen molar-refractivity contribution < 1.29 is 4.79 Å². The molecule has 1 aliphatic rings. The minimum atomic E-state index is -0.189. The maximum absolute atomic E-state index is 13.3. The van der Waals surface area contributed by atoms with Gasteiger partial charge in [-0.3, -0.25) is 9.47 Å². The third-order valence-corrected chi connectivity index (χ3v) is 6.78. The Balaban J connectivity index is 1.35. The third kappa shape index (κ3) is 5.14. The number of hydrogen-bond acceptors (Lipinski definition) is 4. The summed E-state index contributed by atoms with van der Waals surface area (Å²) in [5.74, 6) is 0. The molecule has 0 aliphatic carbocycles. The third-order valence-electron chi connectivity index (χ3n) is 6.34. The highest BCUT2D eigenvalue weighted by atomic mass is 35.5. The topological polar surface area (TPSA) is 74.0 Å². The summed E-state index contributed by atoms with van der Waals surface area (Å²) in [5, 5.41) is 14.0. The second-order valence-electron chi connectivity index (χ2n) is 8.69. The monoisotopic (exact) mass is 515 g/mol. The molecule has 1 amide bonds. The minimum absolute atomic E-state index is 0.189. The molecule has 1 N–H and O–H groups in total. The lowest BCUT2D eigenvalue weighted by molar-refractivity contribution is 0.240. The highest BCUT2D eigenvalue weighted by Crippen LogP contribution is 2.32. The normalized spacial score (nSPS) is 13.6. The van der Waals surface area contributed by atoms with Crippen molar-refractivity contribution in [3.8, 4) is 6.07 Å². The predicted octanol–water partition coefficient (Wildman–Crippen LogP) is 6.04. The highest BCUT2D eigenvalue weighted by Gasteiger charge is 2.26. The molecule has 0 atom stereocenters. The maximum atomic E-state index is 13.3. The number of rotatable bonds is 5. The van der Waals surface area contributed by atoms with Gasteiger partial charge in [0.1, 0.15) is 5.15 Å². The zero-order valence-electron chi connectivity index (χ0n) is 19.4. The van der Waals surface area contributed by atoms with E-state index < -0.39 is 0 Å². The second-order valence-corrected chi connectivity index (χ2v) is 9.51. The molecule has 4 aromatic rings. The van der Waals surface area contributed by atoms with Gasteiger partial charge < -0.3 is 5.32 Å². The molecular formula is C28H23Cl2N5O. The van der Waals surface area contributed by atoms with Gasteiger partial charge in [0.2, 0.25) is 0 Å². The smallest absolute Gasteiger partial charge is 0.326 e. The fourth-order valence-electron chi connectivity index (χ4n) is 4.59. The number of aromatic nitrogens is 2.